The Kier molecular flexibility index (Phi) is 3.83. The zero-order valence-corrected chi connectivity index (χ0v) is 10.4. The molecule has 1 heterocycles. The first-order valence-electron chi connectivity index (χ1n) is 6.15. The monoisotopic (exact) mass is 244 g/mol. The summed E-state index contributed by atoms with van der Waals surface area (Å²) in [5.74, 6) is 0.869. The van der Waals surface area contributed by atoms with E-state index in [1.165, 1.54) is 0 Å². The van der Waals surface area contributed by atoms with Crippen molar-refractivity contribution in [2.75, 3.05) is 5.32 Å². The molecule has 1 aliphatic heterocycles. The van der Waals surface area contributed by atoms with Crippen molar-refractivity contribution in [3.63, 3.8) is 0 Å². The van der Waals surface area contributed by atoms with Crippen LogP contribution in [-0.2, 0) is 11.2 Å². The molecule has 1 amide bonds. The van der Waals surface area contributed by atoms with Crippen molar-refractivity contribution < 1.29 is 9.53 Å². The van der Waals surface area contributed by atoms with Gasteiger partial charge in [0.25, 0.3) is 0 Å². The minimum atomic E-state index is 0.0286. The SMILES string of the molecule is CC(CCC#N)Oc1ccc2c(c1)CCC(=O)N2. The molecular weight excluding hydrogens is 228 g/mol. The van der Waals surface area contributed by atoms with Crippen LogP contribution in [0.2, 0.25) is 0 Å². The normalized spacial score (nSPS) is 15.2. The molecule has 2 rings (SSSR count). The highest BCUT2D eigenvalue weighted by Gasteiger charge is 2.15. The summed E-state index contributed by atoms with van der Waals surface area (Å²) in [6.45, 7) is 1.96. The van der Waals surface area contributed by atoms with E-state index < -0.39 is 0 Å². The molecule has 1 N–H and O–H groups in total. The minimum Gasteiger partial charge on any atom is -0.491 e. The lowest BCUT2D eigenvalue weighted by Crippen LogP contribution is -2.19. The summed E-state index contributed by atoms with van der Waals surface area (Å²) >= 11 is 0. The van der Waals surface area contributed by atoms with Gasteiger partial charge in [0, 0.05) is 18.5 Å². The molecule has 0 aromatic heterocycles. The van der Waals surface area contributed by atoms with Crippen LogP contribution in [0, 0.1) is 11.3 Å². The van der Waals surface area contributed by atoms with Gasteiger partial charge in [-0.15, -0.1) is 0 Å². The lowest BCUT2D eigenvalue weighted by Gasteiger charge is -2.19. The van der Waals surface area contributed by atoms with Crippen LogP contribution in [0.15, 0.2) is 18.2 Å². The lowest BCUT2D eigenvalue weighted by molar-refractivity contribution is -0.116. The van der Waals surface area contributed by atoms with E-state index >= 15 is 0 Å². The maximum absolute atomic E-state index is 11.2. The molecule has 0 saturated carbocycles. The summed E-state index contributed by atoms with van der Waals surface area (Å²) in [7, 11) is 0. The highest BCUT2D eigenvalue weighted by Crippen LogP contribution is 2.27. The molecule has 4 heteroatoms. The number of carbonyl (C=O) groups excluding carboxylic acids is 1. The Labute approximate surface area is 107 Å². The number of nitrogens with zero attached hydrogens (tertiary/aromatic N) is 1. The second-order valence-corrected chi connectivity index (χ2v) is 4.49. The number of rotatable bonds is 4. The molecule has 4 nitrogen and oxygen atoms in total. The van der Waals surface area contributed by atoms with Gasteiger partial charge in [-0.1, -0.05) is 0 Å². The van der Waals surface area contributed by atoms with Crippen LogP contribution in [0.4, 0.5) is 5.69 Å². The number of nitriles is 1. The molecule has 1 aliphatic rings. The second-order valence-electron chi connectivity index (χ2n) is 4.49. The maximum atomic E-state index is 11.2. The molecule has 0 spiro atoms. The number of hydrogen-bond acceptors (Lipinski definition) is 3. The van der Waals surface area contributed by atoms with Gasteiger partial charge in [-0.25, -0.2) is 0 Å². The van der Waals surface area contributed by atoms with Crippen molar-refractivity contribution in [2.24, 2.45) is 0 Å². The van der Waals surface area contributed by atoms with Crippen LogP contribution < -0.4 is 10.1 Å². The average Bonchev–Trinajstić information content (AvgIpc) is 2.36. The largest absolute Gasteiger partial charge is 0.491 e. The van der Waals surface area contributed by atoms with E-state index in [2.05, 4.69) is 11.4 Å². The number of amides is 1. The fraction of sp³-hybridized carbons (Fsp3) is 0.429. The van der Waals surface area contributed by atoms with Crippen molar-refractivity contribution in [1.29, 1.82) is 5.26 Å². The van der Waals surface area contributed by atoms with E-state index in [0.717, 1.165) is 29.8 Å². The first-order valence-corrected chi connectivity index (χ1v) is 6.15. The van der Waals surface area contributed by atoms with Crippen LogP contribution in [0.25, 0.3) is 0 Å². The molecule has 1 aromatic carbocycles. The van der Waals surface area contributed by atoms with E-state index in [0.29, 0.717) is 12.8 Å². The first-order chi connectivity index (χ1) is 8.69. The fourth-order valence-corrected chi connectivity index (χ4v) is 1.99. The summed E-state index contributed by atoms with van der Waals surface area (Å²) < 4.78 is 5.75. The number of fused-ring (bicyclic) bond motifs is 1. The van der Waals surface area contributed by atoms with Gasteiger partial charge in [0.1, 0.15) is 5.75 Å². The Morgan fingerprint density at radius 3 is 3.11 bits per heavy atom. The maximum Gasteiger partial charge on any atom is 0.224 e. The fourth-order valence-electron chi connectivity index (χ4n) is 1.99. The van der Waals surface area contributed by atoms with E-state index in [-0.39, 0.29) is 12.0 Å². The van der Waals surface area contributed by atoms with Crippen molar-refractivity contribution in [3.8, 4) is 11.8 Å². The number of benzene rings is 1. The summed E-state index contributed by atoms with van der Waals surface area (Å²) in [4.78, 5) is 11.2. The van der Waals surface area contributed by atoms with Gasteiger partial charge in [0.2, 0.25) is 5.91 Å². The van der Waals surface area contributed by atoms with Crippen LogP contribution in [0.1, 0.15) is 31.7 Å². The highest BCUT2D eigenvalue weighted by atomic mass is 16.5. The topological polar surface area (TPSA) is 62.1 Å². The number of nitrogens with one attached hydrogen (secondary N) is 1. The smallest absolute Gasteiger partial charge is 0.224 e. The van der Waals surface area contributed by atoms with E-state index in [1.54, 1.807) is 0 Å². The van der Waals surface area contributed by atoms with Gasteiger partial charge in [-0.05, 0) is 43.5 Å². The third kappa shape index (κ3) is 3.01. The zero-order chi connectivity index (χ0) is 13.0. The minimum absolute atomic E-state index is 0.0286. The summed E-state index contributed by atoms with van der Waals surface area (Å²) in [6.07, 6.45) is 2.54. The third-order valence-electron chi connectivity index (χ3n) is 2.97. The van der Waals surface area contributed by atoms with E-state index in [4.69, 9.17) is 10.00 Å². The molecular formula is C14H16N2O2. The van der Waals surface area contributed by atoms with E-state index in [9.17, 15) is 4.79 Å². The Morgan fingerprint density at radius 2 is 2.33 bits per heavy atom. The van der Waals surface area contributed by atoms with Crippen LogP contribution in [0.5, 0.6) is 5.75 Å². The molecule has 1 atom stereocenters. The third-order valence-corrected chi connectivity index (χ3v) is 2.97. The zero-order valence-electron chi connectivity index (χ0n) is 10.4. The van der Waals surface area contributed by atoms with Gasteiger partial charge < -0.3 is 10.1 Å². The highest BCUT2D eigenvalue weighted by molar-refractivity contribution is 5.93. The van der Waals surface area contributed by atoms with Gasteiger partial charge in [-0.3, -0.25) is 4.79 Å². The van der Waals surface area contributed by atoms with Crippen molar-refractivity contribution >= 4 is 11.6 Å². The number of carbonyl (C=O) groups is 1. The summed E-state index contributed by atoms with van der Waals surface area (Å²) in [5, 5.41) is 11.4. The average molecular weight is 244 g/mol. The standard InChI is InChI=1S/C14H16N2O2/c1-10(3-2-8-15)18-12-5-6-13-11(9-12)4-7-14(17)16-13/h5-6,9-10H,2-4,7H2,1H3,(H,16,17). The summed E-state index contributed by atoms with van der Waals surface area (Å²) in [5.41, 5.74) is 1.99. The van der Waals surface area contributed by atoms with Gasteiger partial charge in [-0.2, -0.15) is 5.26 Å². The molecule has 1 aromatic rings. The predicted molar refractivity (Wildman–Crippen MR) is 68.3 cm³/mol. The molecule has 0 saturated heterocycles. The number of aryl methyl sites for hydroxylation is 1. The van der Waals surface area contributed by atoms with Gasteiger partial charge in [0.15, 0.2) is 0 Å². The molecule has 0 radical (unpaired) electrons. The second kappa shape index (κ2) is 5.54. The lowest BCUT2D eigenvalue weighted by atomic mass is 10.0. The Bertz CT molecular complexity index is 491. The van der Waals surface area contributed by atoms with Gasteiger partial charge in [0.05, 0.1) is 12.2 Å². The summed E-state index contributed by atoms with van der Waals surface area (Å²) in [6, 6.07) is 7.81. The van der Waals surface area contributed by atoms with Crippen LogP contribution >= 0.6 is 0 Å². The van der Waals surface area contributed by atoms with Crippen molar-refractivity contribution in [1.82, 2.24) is 0 Å². The molecule has 0 aliphatic carbocycles. The Morgan fingerprint density at radius 1 is 1.50 bits per heavy atom. The van der Waals surface area contributed by atoms with Crippen LogP contribution in [0.3, 0.4) is 0 Å². The Balaban J connectivity index is 2.03. The van der Waals surface area contributed by atoms with Crippen molar-refractivity contribution in [3.05, 3.63) is 23.8 Å². The number of anilines is 1. The Hall–Kier alpha value is -2.02. The predicted octanol–water partition coefficient (Wildman–Crippen LogP) is 2.64. The number of hydrogen-bond donors (Lipinski definition) is 1. The first kappa shape index (κ1) is 12.4. The van der Waals surface area contributed by atoms with E-state index in [1.807, 2.05) is 25.1 Å². The molecule has 1 unspecified atom stereocenters. The number of ether oxygens (including phenoxy) is 1. The molecule has 94 valence electrons. The van der Waals surface area contributed by atoms with Crippen LogP contribution in [-0.4, -0.2) is 12.0 Å². The van der Waals surface area contributed by atoms with Crippen molar-refractivity contribution in [2.45, 2.75) is 38.7 Å². The molecule has 18 heavy (non-hydrogen) atoms. The quantitative estimate of drug-likeness (QED) is 0.885. The molecule has 0 bridgehead atoms. The molecule has 0 fully saturated rings. The van der Waals surface area contributed by atoms with Gasteiger partial charge >= 0.3 is 0 Å².